The number of pyridine rings is 1. The summed E-state index contributed by atoms with van der Waals surface area (Å²) in [5.41, 5.74) is 1.00. The molecular weight excluding hydrogens is 289 g/mol. The Kier molecular flexibility index (Phi) is 4.44. The molecule has 1 aliphatic rings. The predicted octanol–water partition coefficient (Wildman–Crippen LogP) is 3.05. The van der Waals surface area contributed by atoms with E-state index in [0.29, 0.717) is 11.2 Å². The highest BCUT2D eigenvalue weighted by Crippen LogP contribution is 2.22. The smallest absolute Gasteiger partial charge is 0.143 e. The minimum absolute atomic E-state index is 0.501. The summed E-state index contributed by atoms with van der Waals surface area (Å²) in [5.74, 6) is 0. The Labute approximate surface area is 109 Å². The molecule has 3 nitrogen and oxygen atoms in total. The van der Waals surface area contributed by atoms with Crippen LogP contribution in [-0.4, -0.2) is 24.1 Å². The summed E-state index contributed by atoms with van der Waals surface area (Å²) in [4.78, 5) is 4.08. The third-order valence-corrected chi connectivity index (χ3v) is 3.90. The molecule has 1 saturated heterocycles. The normalized spacial score (nSPS) is 20.8. The standard InChI is InChI=1S/C11H15BrClN3/c12-10-5-9(7-16-11(10)13)15-6-8-3-1-2-4-14-8/h5,7-8,14-15H,1-4,6H2. The van der Waals surface area contributed by atoms with E-state index in [0.717, 1.165) is 23.2 Å². The number of piperidine rings is 1. The molecule has 0 saturated carbocycles. The van der Waals surface area contributed by atoms with Crippen LogP contribution in [0.4, 0.5) is 5.69 Å². The van der Waals surface area contributed by atoms with Gasteiger partial charge in [-0.05, 0) is 41.4 Å². The molecule has 16 heavy (non-hydrogen) atoms. The first-order valence-corrected chi connectivity index (χ1v) is 6.71. The van der Waals surface area contributed by atoms with Gasteiger partial charge in [0.25, 0.3) is 0 Å². The van der Waals surface area contributed by atoms with Gasteiger partial charge in [-0.25, -0.2) is 4.98 Å². The van der Waals surface area contributed by atoms with Crippen LogP contribution in [0.15, 0.2) is 16.7 Å². The summed E-state index contributed by atoms with van der Waals surface area (Å²) in [5, 5.41) is 7.36. The van der Waals surface area contributed by atoms with E-state index in [-0.39, 0.29) is 0 Å². The number of hydrogen-bond acceptors (Lipinski definition) is 3. The van der Waals surface area contributed by atoms with E-state index in [2.05, 4.69) is 31.5 Å². The van der Waals surface area contributed by atoms with Crippen molar-refractivity contribution in [2.24, 2.45) is 0 Å². The number of aromatic nitrogens is 1. The van der Waals surface area contributed by atoms with Crippen molar-refractivity contribution in [1.82, 2.24) is 10.3 Å². The summed E-state index contributed by atoms with van der Waals surface area (Å²) in [7, 11) is 0. The van der Waals surface area contributed by atoms with Crippen molar-refractivity contribution in [3.05, 3.63) is 21.9 Å². The minimum Gasteiger partial charge on any atom is -0.382 e. The zero-order chi connectivity index (χ0) is 11.4. The lowest BCUT2D eigenvalue weighted by molar-refractivity contribution is 0.414. The van der Waals surface area contributed by atoms with E-state index < -0.39 is 0 Å². The molecule has 2 N–H and O–H groups in total. The van der Waals surface area contributed by atoms with E-state index in [1.54, 1.807) is 6.20 Å². The van der Waals surface area contributed by atoms with E-state index in [1.807, 2.05) is 6.07 Å². The van der Waals surface area contributed by atoms with Crippen molar-refractivity contribution < 1.29 is 0 Å². The second-order valence-electron chi connectivity index (χ2n) is 4.02. The molecule has 0 aliphatic carbocycles. The quantitative estimate of drug-likeness (QED) is 0.843. The first-order chi connectivity index (χ1) is 7.75. The zero-order valence-corrected chi connectivity index (χ0v) is 11.3. The maximum atomic E-state index is 5.83. The molecule has 1 aliphatic heterocycles. The Bertz CT molecular complexity index is 353. The van der Waals surface area contributed by atoms with Crippen LogP contribution in [0, 0.1) is 0 Å². The van der Waals surface area contributed by atoms with Crippen molar-refractivity contribution >= 4 is 33.2 Å². The second kappa shape index (κ2) is 5.84. The van der Waals surface area contributed by atoms with Crippen LogP contribution in [0.25, 0.3) is 0 Å². The van der Waals surface area contributed by atoms with Gasteiger partial charge in [-0.2, -0.15) is 0 Å². The molecule has 2 rings (SSSR count). The lowest BCUT2D eigenvalue weighted by atomic mass is 10.1. The Hall–Kier alpha value is -0.320. The van der Waals surface area contributed by atoms with Gasteiger partial charge < -0.3 is 10.6 Å². The highest BCUT2D eigenvalue weighted by molar-refractivity contribution is 9.10. The topological polar surface area (TPSA) is 37.0 Å². The molecule has 1 atom stereocenters. The van der Waals surface area contributed by atoms with Gasteiger partial charge in [0.15, 0.2) is 0 Å². The molecular formula is C11H15BrClN3. The SMILES string of the molecule is Clc1ncc(NCC2CCCCN2)cc1Br. The van der Waals surface area contributed by atoms with Crippen LogP contribution in [0.5, 0.6) is 0 Å². The van der Waals surface area contributed by atoms with E-state index in [4.69, 9.17) is 11.6 Å². The summed E-state index contributed by atoms with van der Waals surface area (Å²) < 4.78 is 0.829. The highest BCUT2D eigenvalue weighted by Gasteiger charge is 2.11. The molecule has 0 aromatic carbocycles. The van der Waals surface area contributed by atoms with Crippen molar-refractivity contribution in [3.8, 4) is 0 Å². The Morgan fingerprint density at radius 1 is 1.56 bits per heavy atom. The van der Waals surface area contributed by atoms with Crippen LogP contribution in [0.1, 0.15) is 19.3 Å². The number of nitrogens with one attached hydrogen (secondary N) is 2. The molecule has 1 aromatic heterocycles. The maximum absolute atomic E-state index is 5.83. The molecule has 0 bridgehead atoms. The Balaban J connectivity index is 1.86. The lowest BCUT2D eigenvalue weighted by Gasteiger charge is -2.24. The molecule has 5 heteroatoms. The molecule has 1 aromatic rings. The van der Waals surface area contributed by atoms with Gasteiger partial charge in [-0.15, -0.1) is 0 Å². The minimum atomic E-state index is 0.501. The van der Waals surface area contributed by atoms with Crippen molar-refractivity contribution in [2.75, 3.05) is 18.4 Å². The average Bonchev–Trinajstić information content (AvgIpc) is 2.32. The number of anilines is 1. The van der Waals surface area contributed by atoms with Gasteiger partial charge in [0.1, 0.15) is 5.15 Å². The number of hydrogen-bond donors (Lipinski definition) is 2. The first-order valence-electron chi connectivity index (χ1n) is 5.54. The first kappa shape index (κ1) is 12.1. The molecule has 88 valence electrons. The average molecular weight is 305 g/mol. The Morgan fingerprint density at radius 2 is 2.44 bits per heavy atom. The van der Waals surface area contributed by atoms with Crippen LogP contribution < -0.4 is 10.6 Å². The number of nitrogens with zero attached hydrogens (tertiary/aromatic N) is 1. The summed E-state index contributed by atoms with van der Waals surface area (Å²) in [6.45, 7) is 2.07. The Morgan fingerprint density at radius 3 is 3.12 bits per heavy atom. The molecule has 1 fully saturated rings. The molecule has 2 heterocycles. The monoisotopic (exact) mass is 303 g/mol. The second-order valence-corrected chi connectivity index (χ2v) is 5.24. The lowest BCUT2D eigenvalue weighted by Crippen LogP contribution is -2.39. The van der Waals surface area contributed by atoms with Gasteiger partial charge >= 0.3 is 0 Å². The highest BCUT2D eigenvalue weighted by atomic mass is 79.9. The fourth-order valence-corrected chi connectivity index (χ4v) is 2.31. The summed E-state index contributed by atoms with van der Waals surface area (Å²) in [6, 6.07) is 2.53. The molecule has 1 unspecified atom stereocenters. The van der Waals surface area contributed by atoms with E-state index in [1.165, 1.54) is 19.3 Å². The number of rotatable bonds is 3. The van der Waals surface area contributed by atoms with E-state index >= 15 is 0 Å². The zero-order valence-electron chi connectivity index (χ0n) is 8.97. The largest absolute Gasteiger partial charge is 0.382 e. The van der Waals surface area contributed by atoms with Crippen LogP contribution >= 0.6 is 27.5 Å². The van der Waals surface area contributed by atoms with E-state index in [9.17, 15) is 0 Å². The third kappa shape index (κ3) is 3.34. The maximum Gasteiger partial charge on any atom is 0.143 e. The molecule has 0 radical (unpaired) electrons. The van der Waals surface area contributed by atoms with Crippen molar-refractivity contribution in [3.63, 3.8) is 0 Å². The van der Waals surface area contributed by atoms with Crippen LogP contribution in [0.2, 0.25) is 5.15 Å². The predicted molar refractivity (Wildman–Crippen MR) is 71.1 cm³/mol. The van der Waals surface area contributed by atoms with Crippen LogP contribution in [0.3, 0.4) is 0 Å². The van der Waals surface area contributed by atoms with Gasteiger partial charge in [-0.3, -0.25) is 0 Å². The van der Waals surface area contributed by atoms with Crippen LogP contribution in [-0.2, 0) is 0 Å². The van der Waals surface area contributed by atoms with Crippen molar-refractivity contribution in [1.29, 1.82) is 0 Å². The molecule has 0 amide bonds. The number of halogens is 2. The fraction of sp³-hybridized carbons (Fsp3) is 0.545. The van der Waals surface area contributed by atoms with Gasteiger partial charge in [0.05, 0.1) is 16.4 Å². The van der Waals surface area contributed by atoms with Gasteiger partial charge in [-0.1, -0.05) is 18.0 Å². The third-order valence-electron chi connectivity index (χ3n) is 2.76. The fourth-order valence-electron chi connectivity index (χ4n) is 1.86. The van der Waals surface area contributed by atoms with Gasteiger partial charge in [0, 0.05) is 12.6 Å². The van der Waals surface area contributed by atoms with Crippen molar-refractivity contribution in [2.45, 2.75) is 25.3 Å². The summed E-state index contributed by atoms with van der Waals surface area (Å²) in [6.07, 6.45) is 5.62. The molecule has 0 spiro atoms. The van der Waals surface area contributed by atoms with Gasteiger partial charge in [0.2, 0.25) is 0 Å². The summed E-state index contributed by atoms with van der Waals surface area (Å²) >= 11 is 9.19.